The first-order chi connectivity index (χ1) is 16.9. The number of pyridine rings is 2. The summed E-state index contributed by atoms with van der Waals surface area (Å²) in [7, 11) is 0. The lowest BCUT2D eigenvalue weighted by atomic mass is 10.0. The lowest BCUT2D eigenvalue weighted by Crippen LogP contribution is -2.36. The number of rotatable bonds is 2. The quantitative estimate of drug-likeness (QED) is 0.452. The third kappa shape index (κ3) is 4.21. The minimum Gasteiger partial charge on any atom is -0.444 e. The predicted octanol–water partition coefficient (Wildman–Crippen LogP) is 4.06. The van der Waals surface area contributed by atoms with Gasteiger partial charge in [0.2, 0.25) is 0 Å². The maximum absolute atomic E-state index is 15.3. The molecule has 2 atom stereocenters. The Morgan fingerprint density at radius 2 is 1.83 bits per heavy atom. The highest BCUT2D eigenvalue weighted by atomic mass is 19.1. The Morgan fingerprint density at radius 1 is 1.11 bits per heavy atom. The fraction of sp³-hybridized carbons (Fsp3) is 0.346. The van der Waals surface area contributed by atoms with E-state index >= 15 is 4.39 Å². The van der Waals surface area contributed by atoms with Gasteiger partial charge >= 0.3 is 6.09 Å². The number of ether oxygens (including phenoxy) is 1. The summed E-state index contributed by atoms with van der Waals surface area (Å²) < 4.78 is 38.0. The minimum absolute atomic E-state index is 0.00670. The van der Waals surface area contributed by atoms with E-state index in [1.54, 1.807) is 52.2 Å². The molecule has 0 aliphatic carbocycles. The number of aryl methyl sites for hydroxylation is 1. The number of nitrogens with zero attached hydrogens (tertiary/aromatic N) is 4. The zero-order chi connectivity index (χ0) is 25.9. The van der Waals surface area contributed by atoms with Crippen LogP contribution in [0.25, 0.3) is 27.5 Å². The maximum Gasteiger partial charge on any atom is 0.410 e. The molecule has 0 bridgehead atoms. The first-order valence-electron chi connectivity index (χ1n) is 11.6. The molecule has 1 aromatic carbocycles. The van der Waals surface area contributed by atoms with E-state index in [-0.39, 0.29) is 24.1 Å². The number of hydrogen-bond donors (Lipinski definition) is 1. The van der Waals surface area contributed by atoms with Gasteiger partial charge in [-0.1, -0.05) is 0 Å². The van der Waals surface area contributed by atoms with Crippen molar-refractivity contribution >= 4 is 22.5 Å². The molecule has 1 amide bonds. The Bertz CT molecular complexity index is 1570. The molecule has 3 aromatic heterocycles. The van der Waals surface area contributed by atoms with Crippen LogP contribution in [0.3, 0.4) is 0 Å². The van der Waals surface area contributed by atoms with Crippen LogP contribution in [0.1, 0.15) is 32.5 Å². The molecule has 0 saturated carbocycles. The molecule has 2 unspecified atom stereocenters. The normalized spacial score (nSPS) is 18.4. The molecule has 4 heterocycles. The van der Waals surface area contributed by atoms with Crippen molar-refractivity contribution < 1.29 is 23.4 Å². The van der Waals surface area contributed by atoms with Gasteiger partial charge in [0.15, 0.2) is 11.5 Å². The molecule has 36 heavy (non-hydrogen) atoms. The van der Waals surface area contributed by atoms with Gasteiger partial charge in [-0.05, 0) is 62.9 Å². The Kier molecular flexibility index (Phi) is 5.59. The predicted molar refractivity (Wildman–Crippen MR) is 130 cm³/mol. The lowest BCUT2D eigenvalue weighted by Gasteiger charge is -2.24. The van der Waals surface area contributed by atoms with Crippen LogP contribution >= 0.6 is 0 Å². The van der Waals surface area contributed by atoms with Gasteiger partial charge in [-0.15, -0.1) is 0 Å². The van der Waals surface area contributed by atoms with Crippen LogP contribution in [-0.2, 0) is 4.74 Å². The maximum atomic E-state index is 15.3. The number of carbonyl (C=O) groups is 1. The molecule has 0 radical (unpaired) electrons. The fourth-order valence-corrected chi connectivity index (χ4v) is 4.63. The first-order valence-corrected chi connectivity index (χ1v) is 11.6. The van der Waals surface area contributed by atoms with Crippen molar-refractivity contribution in [2.75, 3.05) is 13.1 Å². The molecule has 188 valence electrons. The lowest BCUT2D eigenvalue weighted by molar-refractivity contribution is 0.0269. The molecule has 8 nitrogen and oxygen atoms in total. The van der Waals surface area contributed by atoms with E-state index in [4.69, 9.17) is 4.74 Å². The summed E-state index contributed by atoms with van der Waals surface area (Å²) in [6.07, 6.45) is 3.18. The van der Waals surface area contributed by atoms with Crippen LogP contribution in [-0.4, -0.2) is 54.8 Å². The van der Waals surface area contributed by atoms with E-state index in [0.29, 0.717) is 22.2 Å². The van der Waals surface area contributed by atoms with Crippen LogP contribution in [0, 0.1) is 18.6 Å². The number of imidazole rings is 1. The molecular weight excluding hydrogens is 470 g/mol. The zero-order valence-electron chi connectivity index (χ0n) is 20.3. The van der Waals surface area contributed by atoms with Crippen molar-refractivity contribution in [3.63, 3.8) is 0 Å². The zero-order valence-corrected chi connectivity index (χ0v) is 20.3. The van der Waals surface area contributed by atoms with E-state index in [9.17, 15) is 19.1 Å². The van der Waals surface area contributed by atoms with Gasteiger partial charge in [0.25, 0.3) is 5.56 Å². The molecular formula is C26H26F2N4O4. The van der Waals surface area contributed by atoms with Gasteiger partial charge in [0.05, 0.1) is 29.8 Å². The molecule has 1 N–H and O–H groups in total. The fourth-order valence-electron chi connectivity index (χ4n) is 4.63. The number of aromatic nitrogens is 3. The van der Waals surface area contributed by atoms with E-state index < -0.39 is 41.0 Å². The Labute approximate surface area is 205 Å². The number of β-amino-alcohol motifs (C(OH)–C–C–N with tert-alkyl or cyclic N) is 1. The summed E-state index contributed by atoms with van der Waals surface area (Å²) >= 11 is 0. The largest absolute Gasteiger partial charge is 0.444 e. The van der Waals surface area contributed by atoms with Gasteiger partial charge in [-0.3, -0.25) is 4.79 Å². The third-order valence-corrected chi connectivity index (χ3v) is 6.21. The van der Waals surface area contributed by atoms with Crippen LogP contribution in [0.2, 0.25) is 0 Å². The Morgan fingerprint density at radius 3 is 2.56 bits per heavy atom. The number of likely N-dealkylation sites (tertiary alicyclic amines) is 1. The van der Waals surface area contributed by atoms with E-state index in [2.05, 4.69) is 4.98 Å². The first kappa shape index (κ1) is 23.9. The van der Waals surface area contributed by atoms with Crippen LogP contribution in [0.4, 0.5) is 13.6 Å². The summed E-state index contributed by atoms with van der Waals surface area (Å²) in [5.41, 5.74) is 0.332. The van der Waals surface area contributed by atoms with Gasteiger partial charge in [0.1, 0.15) is 11.4 Å². The molecule has 5 rings (SSSR count). The number of aliphatic hydroxyl groups excluding tert-OH is 1. The molecule has 10 heteroatoms. The molecule has 1 aliphatic heterocycles. The number of aliphatic hydroxyl groups is 1. The standard InChI is InChI=1S/C26H26F2N4O4/c1-14-10-30-11-17(9-19(28)23(30)29-14)16-7-15-5-6-32(24(34)22(15)18(27)8-16)20-12-31(13-21(20)33)25(35)36-26(2,3)4/h5-11,20-21,33H,12-13H2,1-4H3. The van der Waals surface area contributed by atoms with E-state index in [0.717, 1.165) is 0 Å². The van der Waals surface area contributed by atoms with Gasteiger partial charge in [-0.25, -0.2) is 18.6 Å². The summed E-state index contributed by atoms with van der Waals surface area (Å²) in [5.74, 6) is -1.30. The average molecular weight is 497 g/mol. The van der Waals surface area contributed by atoms with Crippen molar-refractivity contribution in [3.8, 4) is 11.1 Å². The van der Waals surface area contributed by atoms with Crippen molar-refractivity contribution in [1.29, 1.82) is 0 Å². The SMILES string of the molecule is Cc1cn2cc(-c3cc(F)c4c(=O)n(C5CN(C(=O)OC(C)(C)C)CC5O)ccc4c3)cc(F)c2n1. The molecule has 1 fully saturated rings. The molecule has 4 aromatic rings. The van der Waals surface area contributed by atoms with Crippen LogP contribution < -0.4 is 5.56 Å². The summed E-state index contributed by atoms with van der Waals surface area (Å²) in [4.78, 5) is 31.2. The van der Waals surface area contributed by atoms with Crippen LogP contribution in [0.5, 0.6) is 0 Å². The average Bonchev–Trinajstić information content (AvgIpc) is 3.35. The summed E-state index contributed by atoms with van der Waals surface area (Å²) in [5, 5.41) is 10.8. The smallest absolute Gasteiger partial charge is 0.410 e. The third-order valence-electron chi connectivity index (χ3n) is 6.21. The molecule has 1 aliphatic rings. The number of fused-ring (bicyclic) bond motifs is 2. The number of amides is 1. The van der Waals surface area contributed by atoms with Gasteiger partial charge in [0, 0.05) is 30.7 Å². The van der Waals surface area contributed by atoms with Crippen molar-refractivity contribution in [1.82, 2.24) is 18.9 Å². The minimum atomic E-state index is -1.02. The highest BCUT2D eigenvalue weighted by molar-refractivity contribution is 5.87. The number of halogens is 2. The number of carbonyl (C=O) groups excluding carboxylic acids is 1. The van der Waals surface area contributed by atoms with Gasteiger partial charge < -0.3 is 23.7 Å². The van der Waals surface area contributed by atoms with Crippen molar-refractivity contribution in [2.45, 2.75) is 45.4 Å². The Balaban J connectivity index is 1.51. The molecule has 1 saturated heterocycles. The monoisotopic (exact) mass is 496 g/mol. The second kappa shape index (κ2) is 8.41. The number of benzene rings is 1. The second-order valence-corrected chi connectivity index (χ2v) is 10.2. The Hall–Kier alpha value is -3.79. The second-order valence-electron chi connectivity index (χ2n) is 10.2. The van der Waals surface area contributed by atoms with E-state index in [1.165, 1.54) is 32.2 Å². The van der Waals surface area contributed by atoms with E-state index in [1.807, 2.05) is 0 Å². The van der Waals surface area contributed by atoms with Gasteiger partial charge in [-0.2, -0.15) is 0 Å². The number of hydrogen-bond acceptors (Lipinski definition) is 5. The van der Waals surface area contributed by atoms with Crippen molar-refractivity contribution in [2.24, 2.45) is 0 Å². The summed E-state index contributed by atoms with van der Waals surface area (Å²) in [6.45, 7) is 7.01. The molecule has 0 spiro atoms. The van der Waals surface area contributed by atoms with Crippen LogP contribution in [0.15, 0.2) is 47.7 Å². The highest BCUT2D eigenvalue weighted by Crippen LogP contribution is 2.29. The van der Waals surface area contributed by atoms with Crippen molar-refractivity contribution in [3.05, 3.63) is 70.5 Å². The summed E-state index contributed by atoms with van der Waals surface area (Å²) in [6, 6.07) is 4.91. The topological polar surface area (TPSA) is 89.1 Å². The highest BCUT2D eigenvalue weighted by Gasteiger charge is 2.37.